The zero-order chi connectivity index (χ0) is 18.9. The van der Waals surface area contributed by atoms with Crippen LogP contribution in [-0.2, 0) is 9.84 Å². The second-order valence-electron chi connectivity index (χ2n) is 6.57. The average Bonchev–Trinajstić information content (AvgIpc) is 3.04. The fourth-order valence-corrected chi connectivity index (χ4v) is 4.01. The molecule has 7 nitrogen and oxygen atoms in total. The number of nitrogens with zero attached hydrogens (tertiary/aromatic N) is 2. The van der Waals surface area contributed by atoms with E-state index in [1.165, 1.54) is 24.4 Å². The summed E-state index contributed by atoms with van der Waals surface area (Å²) in [5.41, 5.74) is 0.675. The highest BCUT2D eigenvalue weighted by Crippen LogP contribution is 2.28. The van der Waals surface area contributed by atoms with E-state index >= 15 is 0 Å². The van der Waals surface area contributed by atoms with Crippen LogP contribution in [0.3, 0.4) is 0 Å². The van der Waals surface area contributed by atoms with Crippen LogP contribution in [0.25, 0.3) is 0 Å². The number of sulfone groups is 1. The lowest BCUT2D eigenvalue weighted by molar-refractivity contribution is 0.102. The molecule has 1 aromatic carbocycles. The van der Waals surface area contributed by atoms with E-state index in [1.54, 1.807) is 10.9 Å². The average molecular weight is 398 g/mol. The number of aliphatic hydroxyl groups is 1. The van der Waals surface area contributed by atoms with Crippen molar-refractivity contribution in [3.63, 3.8) is 0 Å². The normalized spacial score (nSPS) is 20.7. The van der Waals surface area contributed by atoms with Crippen LogP contribution in [0.15, 0.2) is 35.5 Å². The first-order valence-corrected chi connectivity index (χ1v) is 10.5. The topological polar surface area (TPSA) is 101 Å². The highest BCUT2D eigenvalue weighted by molar-refractivity contribution is 7.90. The molecule has 1 aliphatic carbocycles. The monoisotopic (exact) mass is 397 g/mol. The Bertz CT molecular complexity index is 918. The van der Waals surface area contributed by atoms with Gasteiger partial charge in [0.1, 0.15) is 0 Å². The van der Waals surface area contributed by atoms with Crippen LogP contribution >= 0.6 is 11.6 Å². The van der Waals surface area contributed by atoms with Crippen molar-refractivity contribution in [2.24, 2.45) is 0 Å². The number of aliphatic hydroxyl groups excluding tert-OH is 1. The fourth-order valence-electron chi connectivity index (χ4n) is 3.03. The van der Waals surface area contributed by atoms with Crippen LogP contribution in [0.2, 0.25) is 5.02 Å². The number of halogens is 1. The van der Waals surface area contributed by atoms with Crippen molar-refractivity contribution < 1.29 is 18.3 Å². The Morgan fingerprint density at radius 2 is 1.96 bits per heavy atom. The van der Waals surface area contributed by atoms with Crippen LogP contribution in [0.1, 0.15) is 42.1 Å². The molecule has 0 bridgehead atoms. The molecule has 9 heteroatoms. The molecule has 0 unspecified atom stereocenters. The molecule has 0 atom stereocenters. The van der Waals surface area contributed by atoms with E-state index in [4.69, 9.17) is 11.6 Å². The first-order valence-electron chi connectivity index (χ1n) is 8.26. The molecule has 3 rings (SSSR count). The van der Waals surface area contributed by atoms with Gasteiger partial charge < -0.3 is 10.4 Å². The van der Waals surface area contributed by atoms with E-state index in [0.717, 1.165) is 31.9 Å². The number of hydrogen-bond acceptors (Lipinski definition) is 5. The molecule has 1 aromatic heterocycles. The highest BCUT2D eigenvalue weighted by Gasteiger charge is 2.22. The van der Waals surface area contributed by atoms with Gasteiger partial charge in [-0.3, -0.25) is 9.48 Å². The summed E-state index contributed by atoms with van der Waals surface area (Å²) < 4.78 is 25.1. The van der Waals surface area contributed by atoms with Crippen molar-refractivity contribution in [3.8, 4) is 0 Å². The Kier molecular flexibility index (Phi) is 5.36. The third-order valence-corrected chi connectivity index (χ3v) is 5.77. The van der Waals surface area contributed by atoms with Gasteiger partial charge >= 0.3 is 0 Å². The summed E-state index contributed by atoms with van der Waals surface area (Å²) in [5, 5.41) is 16.7. The fraction of sp³-hybridized carbons (Fsp3) is 0.412. The first-order chi connectivity index (χ1) is 12.2. The molecular formula is C17H20ClN3O4S. The minimum atomic E-state index is -3.44. The molecule has 0 radical (unpaired) electrons. The van der Waals surface area contributed by atoms with Gasteiger partial charge in [0.05, 0.1) is 28.8 Å². The van der Waals surface area contributed by atoms with Crippen LogP contribution in [0.5, 0.6) is 0 Å². The standard InChI is InChI=1S/C17H20ClN3O4S/c1-26(24,25)16-7-12(18)6-13(8-16)20-17(23)11-9-19-21(10-11)14-2-4-15(22)5-3-14/h6-10,14-15,22H,2-5H2,1H3,(H,20,23). The van der Waals surface area contributed by atoms with Crippen molar-refractivity contribution in [3.05, 3.63) is 41.2 Å². The minimum absolute atomic E-state index is 0.0387. The number of benzene rings is 1. The largest absolute Gasteiger partial charge is 0.393 e. The van der Waals surface area contributed by atoms with Gasteiger partial charge in [-0.1, -0.05) is 11.6 Å². The molecule has 26 heavy (non-hydrogen) atoms. The summed E-state index contributed by atoms with van der Waals surface area (Å²) >= 11 is 5.95. The number of nitrogens with one attached hydrogen (secondary N) is 1. The molecule has 1 aliphatic rings. The lowest BCUT2D eigenvalue weighted by Gasteiger charge is -2.25. The van der Waals surface area contributed by atoms with Crippen LogP contribution < -0.4 is 5.32 Å². The molecule has 0 saturated heterocycles. The summed E-state index contributed by atoms with van der Waals surface area (Å²) in [6.07, 6.45) is 7.05. The summed E-state index contributed by atoms with van der Waals surface area (Å²) in [6.45, 7) is 0. The molecule has 1 amide bonds. The molecule has 0 aliphatic heterocycles. The van der Waals surface area contributed by atoms with E-state index in [1.807, 2.05) is 0 Å². The molecule has 1 saturated carbocycles. The zero-order valence-corrected chi connectivity index (χ0v) is 15.8. The SMILES string of the molecule is CS(=O)(=O)c1cc(Cl)cc(NC(=O)c2cnn(C3CCC(O)CC3)c2)c1. The van der Waals surface area contributed by atoms with Crippen molar-refractivity contribution in [1.29, 1.82) is 0 Å². The van der Waals surface area contributed by atoms with Crippen LogP contribution in [-0.4, -0.2) is 41.6 Å². The van der Waals surface area contributed by atoms with Gasteiger partial charge in [0.15, 0.2) is 9.84 Å². The van der Waals surface area contributed by atoms with E-state index in [2.05, 4.69) is 10.4 Å². The molecular weight excluding hydrogens is 378 g/mol. The van der Waals surface area contributed by atoms with Gasteiger partial charge in [0, 0.05) is 23.2 Å². The Morgan fingerprint density at radius 3 is 2.62 bits per heavy atom. The maximum atomic E-state index is 12.4. The quantitative estimate of drug-likeness (QED) is 0.825. The van der Waals surface area contributed by atoms with Crippen molar-refractivity contribution >= 4 is 33.0 Å². The highest BCUT2D eigenvalue weighted by atomic mass is 35.5. The number of rotatable bonds is 4. The zero-order valence-electron chi connectivity index (χ0n) is 14.2. The molecule has 1 heterocycles. The number of aromatic nitrogens is 2. The maximum Gasteiger partial charge on any atom is 0.258 e. The lowest BCUT2D eigenvalue weighted by atomic mass is 9.93. The van der Waals surface area contributed by atoms with E-state index < -0.39 is 15.7 Å². The van der Waals surface area contributed by atoms with Crippen molar-refractivity contribution in [1.82, 2.24) is 9.78 Å². The maximum absolute atomic E-state index is 12.4. The summed E-state index contributed by atoms with van der Waals surface area (Å²) in [4.78, 5) is 12.5. The lowest BCUT2D eigenvalue weighted by Crippen LogP contribution is -2.21. The molecule has 0 spiro atoms. The molecule has 140 valence electrons. The molecule has 2 aromatic rings. The minimum Gasteiger partial charge on any atom is -0.393 e. The van der Waals surface area contributed by atoms with Crippen LogP contribution in [0, 0.1) is 0 Å². The number of carbonyl (C=O) groups is 1. The Hall–Kier alpha value is -1.90. The third-order valence-electron chi connectivity index (χ3n) is 4.46. The van der Waals surface area contributed by atoms with Gasteiger partial charge in [-0.15, -0.1) is 0 Å². The first kappa shape index (κ1) is 18.9. The predicted molar refractivity (Wildman–Crippen MR) is 98.3 cm³/mol. The van der Waals surface area contributed by atoms with Crippen molar-refractivity contribution in [2.45, 2.75) is 42.7 Å². The van der Waals surface area contributed by atoms with Gasteiger partial charge in [-0.25, -0.2) is 8.42 Å². The Morgan fingerprint density at radius 1 is 1.27 bits per heavy atom. The Balaban J connectivity index is 1.74. The summed E-state index contributed by atoms with van der Waals surface area (Å²) in [6, 6.07) is 4.36. The third kappa shape index (κ3) is 4.44. The summed E-state index contributed by atoms with van der Waals surface area (Å²) in [7, 11) is -3.44. The van der Waals surface area contributed by atoms with Gasteiger partial charge in [0.2, 0.25) is 0 Å². The second-order valence-corrected chi connectivity index (χ2v) is 9.03. The van der Waals surface area contributed by atoms with Gasteiger partial charge in [0.25, 0.3) is 5.91 Å². The van der Waals surface area contributed by atoms with E-state index in [-0.39, 0.29) is 22.1 Å². The van der Waals surface area contributed by atoms with E-state index in [0.29, 0.717) is 11.3 Å². The van der Waals surface area contributed by atoms with Crippen LogP contribution in [0.4, 0.5) is 5.69 Å². The number of carbonyl (C=O) groups excluding carboxylic acids is 1. The van der Waals surface area contributed by atoms with Crippen molar-refractivity contribution in [2.75, 3.05) is 11.6 Å². The van der Waals surface area contributed by atoms with E-state index in [9.17, 15) is 18.3 Å². The molecule has 2 N–H and O–H groups in total. The number of amides is 1. The predicted octanol–water partition coefficient (Wildman–Crippen LogP) is 2.67. The number of anilines is 1. The van der Waals surface area contributed by atoms with Gasteiger partial charge in [-0.2, -0.15) is 5.10 Å². The summed E-state index contributed by atoms with van der Waals surface area (Å²) in [5.74, 6) is -0.395. The number of hydrogen-bond donors (Lipinski definition) is 2. The smallest absolute Gasteiger partial charge is 0.258 e. The second kappa shape index (κ2) is 7.38. The van der Waals surface area contributed by atoms with Gasteiger partial charge in [-0.05, 0) is 43.9 Å². The molecule has 1 fully saturated rings. The Labute approximate surface area is 156 Å².